The molecule has 0 radical (unpaired) electrons. The summed E-state index contributed by atoms with van der Waals surface area (Å²) in [6.45, 7) is 0.406. The number of piperazine rings is 1. The Morgan fingerprint density at radius 1 is 1.31 bits per heavy atom. The van der Waals surface area contributed by atoms with Crippen molar-refractivity contribution >= 4 is 11.8 Å². The molecule has 3 fully saturated rings. The zero-order valence-corrected chi connectivity index (χ0v) is 16.3. The highest BCUT2D eigenvalue weighted by atomic mass is 19.3. The number of carbonyl (C=O) groups is 2. The molecular weight excluding hydrogens is 382 g/mol. The van der Waals surface area contributed by atoms with Gasteiger partial charge in [-0.1, -0.05) is 6.07 Å². The highest BCUT2D eigenvalue weighted by molar-refractivity contribution is 5.97. The normalized spacial score (nSPS) is 29.9. The van der Waals surface area contributed by atoms with Crippen LogP contribution in [0.2, 0.25) is 0 Å². The Morgan fingerprint density at radius 3 is 2.93 bits per heavy atom. The minimum atomic E-state index is -2.95. The van der Waals surface area contributed by atoms with Crippen LogP contribution in [-0.4, -0.2) is 66.0 Å². The molecular formula is C20H26F2N4O3. The second-order valence-electron chi connectivity index (χ2n) is 8.09. The average Bonchev–Trinajstić information content (AvgIpc) is 3.16. The van der Waals surface area contributed by atoms with Gasteiger partial charge in [0.25, 0.3) is 5.91 Å². The minimum Gasteiger partial charge on any atom is -0.435 e. The molecule has 2 aliphatic heterocycles. The standard InChI is InChI=1S/C20H26F2N4O3/c1-12-10-26(15-6-5-14-9-23-24-17(14)8-15)18(27)11-25(12)19(28)13-3-2-4-16(7-13)29-20(21)22/h2-4,7,12,14-15,17,20,23-24H,5-6,8-11H2,1H3. The fourth-order valence-electron chi connectivity index (χ4n) is 4.71. The van der Waals surface area contributed by atoms with Crippen LogP contribution in [0.5, 0.6) is 5.75 Å². The number of ether oxygens (including phenoxy) is 1. The van der Waals surface area contributed by atoms with E-state index in [4.69, 9.17) is 0 Å². The Kier molecular flexibility index (Phi) is 5.69. The van der Waals surface area contributed by atoms with E-state index in [9.17, 15) is 18.4 Å². The summed E-state index contributed by atoms with van der Waals surface area (Å²) in [5.74, 6) is 0.128. The third-order valence-electron chi connectivity index (χ3n) is 6.24. The third-order valence-corrected chi connectivity index (χ3v) is 6.24. The monoisotopic (exact) mass is 408 g/mol. The number of nitrogens with zero attached hydrogens (tertiary/aromatic N) is 2. The van der Waals surface area contributed by atoms with Gasteiger partial charge in [0.05, 0.1) is 0 Å². The van der Waals surface area contributed by atoms with Crippen LogP contribution < -0.4 is 15.6 Å². The number of hydrazine groups is 1. The summed E-state index contributed by atoms with van der Waals surface area (Å²) in [6, 6.07) is 6.11. The van der Waals surface area contributed by atoms with E-state index in [2.05, 4.69) is 15.6 Å². The lowest BCUT2D eigenvalue weighted by Gasteiger charge is -2.45. The molecule has 4 unspecified atom stereocenters. The summed E-state index contributed by atoms with van der Waals surface area (Å²) < 4.78 is 29.3. The number of rotatable bonds is 4. The Hall–Kier alpha value is -2.26. The Labute approximate surface area is 168 Å². The van der Waals surface area contributed by atoms with Crippen LogP contribution in [0, 0.1) is 5.92 Å². The lowest BCUT2D eigenvalue weighted by Crippen LogP contribution is -2.60. The van der Waals surface area contributed by atoms with Crippen molar-refractivity contribution in [2.75, 3.05) is 19.6 Å². The van der Waals surface area contributed by atoms with Crippen LogP contribution in [0.15, 0.2) is 24.3 Å². The zero-order chi connectivity index (χ0) is 20.5. The number of amides is 2. The van der Waals surface area contributed by atoms with Gasteiger partial charge in [0.15, 0.2) is 0 Å². The maximum absolute atomic E-state index is 12.9. The first kappa shape index (κ1) is 20.0. The number of benzene rings is 1. The van der Waals surface area contributed by atoms with E-state index in [1.807, 2.05) is 11.8 Å². The maximum Gasteiger partial charge on any atom is 0.387 e. The number of hydrogen-bond acceptors (Lipinski definition) is 5. The topological polar surface area (TPSA) is 73.9 Å². The molecule has 4 atom stereocenters. The van der Waals surface area contributed by atoms with Gasteiger partial charge in [-0.15, -0.1) is 0 Å². The van der Waals surface area contributed by atoms with Crippen molar-refractivity contribution in [1.82, 2.24) is 20.7 Å². The van der Waals surface area contributed by atoms with Crippen LogP contribution in [0.3, 0.4) is 0 Å². The van der Waals surface area contributed by atoms with Crippen molar-refractivity contribution in [2.24, 2.45) is 5.92 Å². The SMILES string of the molecule is CC1CN(C2CCC3CNNC3C2)C(=O)CN1C(=O)c1cccc(OC(F)F)c1. The molecule has 2 N–H and O–H groups in total. The average molecular weight is 408 g/mol. The molecule has 0 aromatic heterocycles. The second-order valence-corrected chi connectivity index (χ2v) is 8.09. The highest BCUT2D eigenvalue weighted by Crippen LogP contribution is 2.31. The highest BCUT2D eigenvalue weighted by Gasteiger charge is 2.41. The number of alkyl halides is 2. The first-order valence-corrected chi connectivity index (χ1v) is 10.1. The summed E-state index contributed by atoms with van der Waals surface area (Å²) in [5, 5.41) is 0. The molecule has 0 spiro atoms. The smallest absolute Gasteiger partial charge is 0.387 e. The summed E-state index contributed by atoms with van der Waals surface area (Å²) in [6.07, 6.45) is 2.97. The van der Waals surface area contributed by atoms with Crippen LogP contribution in [0.4, 0.5) is 8.78 Å². The van der Waals surface area contributed by atoms with E-state index < -0.39 is 6.61 Å². The summed E-state index contributed by atoms with van der Waals surface area (Å²) in [4.78, 5) is 29.2. The van der Waals surface area contributed by atoms with E-state index in [0.29, 0.717) is 18.5 Å². The summed E-state index contributed by atoms with van der Waals surface area (Å²) in [5.41, 5.74) is 6.74. The van der Waals surface area contributed by atoms with Gasteiger partial charge in [0.1, 0.15) is 12.3 Å². The van der Waals surface area contributed by atoms with Crippen molar-refractivity contribution in [3.8, 4) is 5.75 Å². The molecule has 4 rings (SSSR count). The number of carbonyl (C=O) groups excluding carboxylic acids is 2. The van der Waals surface area contributed by atoms with Crippen LogP contribution in [0.1, 0.15) is 36.5 Å². The molecule has 2 saturated heterocycles. The lowest BCUT2D eigenvalue weighted by molar-refractivity contribution is -0.140. The van der Waals surface area contributed by atoms with Gasteiger partial charge in [-0.2, -0.15) is 8.78 Å². The van der Waals surface area contributed by atoms with Gasteiger partial charge < -0.3 is 14.5 Å². The Balaban J connectivity index is 1.42. The molecule has 2 heterocycles. The quantitative estimate of drug-likeness (QED) is 0.792. The molecule has 2 amide bonds. The molecule has 29 heavy (non-hydrogen) atoms. The first-order valence-electron chi connectivity index (χ1n) is 10.1. The number of hydrogen-bond donors (Lipinski definition) is 2. The maximum atomic E-state index is 12.9. The van der Waals surface area contributed by atoms with Crippen LogP contribution in [-0.2, 0) is 4.79 Å². The fraction of sp³-hybridized carbons (Fsp3) is 0.600. The molecule has 9 heteroatoms. The van der Waals surface area contributed by atoms with Crippen molar-refractivity contribution in [3.05, 3.63) is 29.8 Å². The summed E-state index contributed by atoms with van der Waals surface area (Å²) in [7, 11) is 0. The van der Waals surface area contributed by atoms with E-state index in [-0.39, 0.29) is 41.8 Å². The molecule has 158 valence electrons. The lowest BCUT2D eigenvalue weighted by atomic mass is 9.82. The van der Waals surface area contributed by atoms with Gasteiger partial charge in [-0.25, -0.2) is 0 Å². The van der Waals surface area contributed by atoms with Crippen molar-refractivity contribution in [2.45, 2.75) is 50.9 Å². The van der Waals surface area contributed by atoms with E-state index in [1.165, 1.54) is 23.1 Å². The minimum absolute atomic E-state index is 0.00376. The Morgan fingerprint density at radius 2 is 2.14 bits per heavy atom. The first-order chi connectivity index (χ1) is 13.9. The van der Waals surface area contributed by atoms with Crippen molar-refractivity contribution < 1.29 is 23.1 Å². The third kappa shape index (κ3) is 4.20. The van der Waals surface area contributed by atoms with Gasteiger partial charge in [-0.05, 0) is 50.3 Å². The fourth-order valence-corrected chi connectivity index (χ4v) is 4.71. The Bertz CT molecular complexity index is 778. The molecule has 1 aromatic rings. The van der Waals surface area contributed by atoms with Crippen molar-refractivity contribution in [1.29, 1.82) is 0 Å². The summed E-state index contributed by atoms with van der Waals surface area (Å²) >= 11 is 0. The second kappa shape index (κ2) is 8.23. The molecule has 3 aliphatic rings. The van der Waals surface area contributed by atoms with Crippen LogP contribution in [0.25, 0.3) is 0 Å². The predicted octanol–water partition coefficient (Wildman–Crippen LogP) is 1.61. The van der Waals surface area contributed by atoms with E-state index in [0.717, 1.165) is 25.8 Å². The zero-order valence-electron chi connectivity index (χ0n) is 16.3. The molecule has 0 bridgehead atoms. The number of fused-ring (bicyclic) bond motifs is 1. The van der Waals surface area contributed by atoms with Gasteiger partial charge in [0, 0.05) is 36.8 Å². The molecule has 1 aromatic carbocycles. The molecule has 1 saturated carbocycles. The van der Waals surface area contributed by atoms with Crippen LogP contribution >= 0.6 is 0 Å². The van der Waals surface area contributed by atoms with Crippen molar-refractivity contribution in [3.63, 3.8) is 0 Å². The largest absolute Gasteiger partial charge is 0.435 e. The van der Waals surface area contributed by atoms with Gasteiger partial charge in [0.2, 0.25) is 5.91 Å². The molecule has 7 nitrogen and oxygen atoms in total. The van der Waals surface area contributed by atoms with E-state index >= 15 is 0 Å². The van der Waals surface area contributed by atoms with Gasteiger partial charge >= 0.3 is 6.61 Å². The molecule has 1 aliphatic carbocycles. The van der Waals surface area contributed by atoms with E-state index in [1.54, 1.807) is 6.07 Å². The van der Waals surface area contributed by atoms with Gasteiger partial charge in [-0.3, -0.25) is 20.4 Å². The number of nitrogens with one attached hydrogen (secondary N) is 2. The number of halogens is 2. The predicted molar refractivity (Wildman–Crippen MR) is 101 cm³/mol.